The molecule has 2 rings (SSSR count). The number of methoxy groups -OCH3 is 1. The van der Waals surface area contributed by atoms with Gasteiger partial charge in [0.15, 0.2) is 0 Å². The number of carbonyl (C=O) groups excluding carboxylic acids is 1. The van der Waals surface area contributed by atoms with Crippen molar-refractivity contribution >= 4 is 27.3 Å². The number of carbonyl (C=O) groups is 1. The van der Waals surface area contributed by atoms with Gasteiger partial charge in [-0.25, -0.2) is 13.1 Å². The largest absolute Gasteiger partial charge is 0.495 e. The van der Waals surface area contributed by atoms with Crippen molar-refractivity contribution in [3.63, 3.8) is 0 Å². The fraction of sp³-hybridized carbons (Fsp3) is 0.350. The minimum Gasteiger partial charge on any atom is -0.495 e. The number of hydrogen-bond acceptors (Lipinski definition) is 5. The minimum atomic E-state index is -3.81. The maximum Gasteiger partial charge on any atom is 0.255 e. The lowest BCUT2D eigenvalue weighted by Gasteiger charge is -2.17. The van der Waals surface area contributed by atoms with Gasteiger partial charge in [0.25, 0.3) is 5.91 Å². The minimum absolute atomic E-state index is 0.0736. The SMILES string of the molecule is COc1ccc(C(=O)Nc2ccc(N(C)C)c(C)c2)cc1S(=O)(=O)NC(C)C. The first-order valence-electron chi connectivity index (χ1n) is 8.85. The van der Waals surface area contributed by atoms with E-state index in [1.54, 1.807) is 13.8 Å². The van der Waals surface area contributed by atoms with Crippen molar-refractivity contribution in [1.29, 1.82) is 0 Å². The molecule has 0 atom stereocenters. The summed E-state index contributed by atoms with van der Waals surface area (Å²) in [5, 5.41) is 2.81. The van der Waals surface area contributed by atoms with E-state index in [4.69, 9.17) is 4.74 Å². The molecule has 0 aliphatic carbocycles. The fourth-order valence-electron chi connectivity index (χ4n) is 2.84. The third-order valence-electron chi connectivity index (χ3n) is 4.04. The second kappa shape index (κ2) is 8.62. The van der Waals surface area contributed by atoms with Gasteiger partial charge in [0.2, 0.25) is 10.0 Å². The van der Waals surface area contributed by atoms with Crippen LogP contribution in [0.25, 0.3) is 0 Å². The smallest absolute Gasteiger partial charge is 0.255 e. The highest BCUT2D eigenvalue weighted by molar-refractivity contribution is 7.89. The molecule has 0 fully saturated rings. The van der Waals surface area contributed by atoms with Gasteiger partial charge in [0.1, 0.15) is 10.6 Å². The molecule has 8 heteroatoms. The van der Waals surface area contributed by atoms with E-state index in [0.29, 0.717) is 5.69 Å². The lowest BCUT2D eigenvalue weighted by Crippen LogP contribution is -2.30. The second-order valence-electron chi connectivity index (χ2n) is 6.99. The number of hydrogen-bond donors (Lipinski definition) is 2. The van der Waals surface area contributed by atoms with Crippen LogP contribution in [0.5, 0.6) is 5.75 Å². The molecule has 0 spiro atoms. The third-order valence-corrected chi connectivity index (χ3v) is 5.72. The highest BCUT2D eigenvalue weighted by Gasteiger charge is 2.22. The van der Waals surface area contributed by atoms with Crippen LogP contribution in [0, 0.1) is 6.92 Å². The summed E-state index contributed by atoms with van der Waals surface area (Å²) in [6, 6.07) is 9.64. The zero-order valence-electron chi connectivity index (χ0n) is 17.0. The normalized spacial score (nSPS) is 11.4. The highest BCUT2D eigenvalue weighted by Crippen LogP contribution is 2.26. The van der Waals surface area contributed by atoms with Crippen molar-refractivity contribution in [1.82, 2.24) is 4.72 Å². The Morgan fingerprint density at radius 2 is 1.79 bits per heavy atom. The zero-order valence-corrected chi connectivity index (χ0v) is 17.8. The third kappa shape index (κ3) is 5.02. The maximum atomic E-state index is 12.7. The number of ether oxygens (including phenoxy) is 1. The molecule has 2 N–H and O–H groups in total. The monoisotopic (exact) mass is 405 g/mol. The van der Waals surface area contributed by atoms with Crippen LogP contribution in [0.15, 0.2) is 41.3 Å². The van der Waals surface area contributed by atoms with E-state index in [1.807, 2.05) is 44.1 Å². The zero-order chi connectivity index (χ0) is 21.1. The molecule has 1 amide bonds. The van der Waals surface area contributed by atoms with Gasteiger partial charge in [-0.05, 0) is 62.7 Å². The molecule has 28 heavy (non-hydrogen) atoms. The van der Waals surface area contributed by atoms with E-state index in [-0.39, 0.29) is 22.3 Å². The van der Waals surface area contributed by atoms with E-state index >= 15 is 0 Å². The number of aryl methyl sites for hydroxylation is 1. The Balaban J connectivity index is 2.34. The Labute approximate surface area is 166 Å². The Morgan fingerprint density at radius 3 is 2.32 bits per heavy atom. The first-order chi connectivity index (χ1) is 13.0. The molecule has 0 unspecified atom stereocenters. The van der Waals surface area contributed by atoms with Crippen molar-refractivity contribution in [2.45, 2.75) is 31.7 Å². The van der Waals surface area contributed by atoms with Crippen LogP contribution in [0.3, 0.4) is 0 Å². The summed E-state index contributed by atoms with van der Waals surface area (Å²) in [6.45, 7) is 5.40. The number of anilines is 2. The molecule has 0 aliphatic rings. The van der Waals surface area contributed by atoms with Crippen molar-refractivity contribution in [2.24, 2.45) is 0 Å². The first-order valence-corrected chi connectivity index (χ1v) is 10.3. The molecular weight excluding hydrogens is 378 g/mol. The average Bonchev–Trinajstić information content (AvgIpc) is 2.59. The molecule has 0 radical (unpaired) electrons. The Bertz CT molecular complexity index is 969. The Morgan fingerprint density at radius 1 is 1.11 bits per heavy atom. The molecule has 2 aromatic rings. The Kier molecular flexibility index (Phi) is 6.69. The standard InChI is InChI=1S/C20H27N3O4S/c1-13(2)22-28(25,26)19-12-15(7-10-18(19)27-6)20(24)21-16-8-9-17(23(4)5)14(3)11-16/h7-13,22H,1-6H3,(H,21,24). The number of nitrogens with zero attached hydrogens (tertiary/aromatic N) is 1. The summed E-state index contributed by atoms with van der Waals surface area (Å²) < 4.78 is 32.8. The van der Waals surface area contributed by atoms with Gasteiger partial charge in [-0.15, -0.1) is 0 Å². The number of sulfonamides is 1. The van der Waals surface area contributed by atoms with Crippen LogP contribution in [-0.4, -0.2) is 41.6 Å². The fourth-order valence-corrected chi connectivity index (χ4v) is 4.29. The molecule has 0 aliphatic heterocycles. The van der Waals surface area contributed by atoms with Crippen molar-refractivity contribution in [3.8, 4) is 5.75 Å². The van der Waals surface area contributed by atoms with Crippen LogP contribution < -0.4 is 19.7 Å². The van der Waals surface area contributed by atoms with Gasteiger partial charge in [-0.2, -0.15) is 0 Å². The summed E-state index contributed by atoms with van der Waals surface area (Å²) in [5.41, 5.74) is 2.92. The second-order valence-corrected chi connectivity index (χ2v) is 8.67. The molecular formula is C20H27N3O4S. The molecule has 0 saturated carbocycles. The van der Waals surface area contributed by atoms with E-state index in [2.05, 4.69) is 10.0 Å². The van der Waals surface area contributed by atoms with Crippen LogP contribution in [-0.2, 0) is 10.0 Å². The summed E-state index contributed by atoms with van der Waals surface area (Å²) in [7, 11) is 1.47. The van der Waals surface area contributed by atoms with Gasteiger partial charge >= 0.3 is 0 Å². The number of rotatable bonds is 7. The molecule has 152 valence electrons. The van der Waals surface area contributed by atoms with E-state index < -0.39 is 15.9 Å². The van der Waals surface area contributed by atoms with Crippen molar-refractivity contribution in [2.75, 3.05) is 31.4 Å². The molecule has 0 heterocycles. The molecule has 0 saturated heterocycles. The lowest BCUT2D eigenvalue weighted by atomic mass is 10.1. The van der Waals surface area contributed by atoms with Crippen LogP contribution in [0.2, 0.25) is 0 Å². The number of amides is 1. The highest BCUT2D eigenvalue weighted by atomic mass is 32.2. The van der Waals surface area contributed by atoms with Gasteiger partial charge in [0.05, 0.1) is 7.11 Å². The van der Waals surface area contributed by atoms with Gasteiger partial charge in [0, 0.05) is 37.1 Å². The predicted molar refractivity (Wildman–Crippen MR) is 112 cm³/mol. The summed E-state index contributed by atoms with van der Waals surface area (Å²) in [5.74, 6) is -0.225. The van der Waals surface area contributed by atoms with E-state index in [1.165, 1.54) is 25.3 Å². The maximum absolute atomic E-state index is 12.7. The summed E-state index contributed by atoms with van der Waals surface area (Å²) in [4.78, 5) is 14.6. The first kappa shape index (κ1) is 21.7. The topological polar surface area (TPSA) is 87.7 Å². The van der Waals surface area contributed by atoms with E-state index in [9.17, 15) is 13.2 Å². The van der Waals surface area contributed by atoms with Gasteiger partial charge < -0.3 is 15.0 Å². The summed E-state index contributed by atoms with van der Waals surface area (Å²) in [6.07, 6.45) is 0. The van der Waals surface area contributed by atoms with Gasteiger partial charge in [-0.3, -0.25) is 4.79 Å². The van der Waals surface area contributed by atoms with Gasteiger partial charge in [-0.1, -0.05) is 0 Å². The van der Waals surface area contributed by atoms with Crippen LogP contribution in [0.1, 0.15) is 29.8 Å². The molecule has 0 aromatic heterocycles. The van der Waals surface area contributed by atoms with E-state index in [0.717, 1.165) is 11.3 Å². The quantitative estimate of drug-likeness (QED) is 0.739. The van der Waals surface area contributed by atoms with Crippen LogP contribution >= 0.6 is 0 Å². The summed E-state index contributed by atoms with van der Waals surface area (Å²) >= 11 is 0. The van der Waals surface area contributed by atoms with Crippen molar-refractivity contribution in [3.05, 3.63) is 47.5 Å². The average molecular weight is 406 g/mol. The van der Waals surface area contributed by atoms with Crippen LogP contribution in [0.4, 0.5) is 11.4 Å². The Hall–Kier alpha value is -2.58. The molecule has 2 aromatic carbocycles. The molecule has 7 nitrogen and oxygen atoms in total. The van der Waals surface area contributed by atoms with Crippen molar-refractivity contribution < 1.29 is 17.9 Å². The lowest BCUT2D eigenvalue weighted by molar-refractivity contribution is 0.102. The number of benzene rings is 2. The number of nitrogens with one attached hydrogen (secondary N) is 2. The molecule has 0 bridgehead atoms. The predicted octanol–water partition coefficient (Wildman–Crippen LogP) is 3.01.